The molecule has 0 saturated heterocycles. The molecule has 0 spiro atoms. The average molecular weight is 241 g/mol. The minimum atomic E-state index is -0.415. The van der Waals surface area contributed by atoms with Crippen molar-refractivity contribution in [1.82, 2.24) is 5.32 Å². The number of hydrogen-bond acceptors (Lipinski definition) is 3. The van der Waals surface area contributed by atoms with Crippen LogP contribution in [0.5, 0.6) is 0 Å². The van der Waals surface area contributed by atoms with Crippen LogP contribution in [0.1, 0.15) is 59.8 Å². The molecule has 0 aromatic rings. The van der Waals surface area contributed by atoms with Crippen LogP contribution in [-0.2, 0) is 9.53 Å². The van der Waals surface area contributed by atoms with Crippen LogP contribution < -0.4 is 5.32 Å². The largest absolute Gasteiger partial charge is 0.465 e. The number of ether oxygens (including phenoxy) is 1. The normalized spacial score (nSPS) is 22.1. The monoisotopic (exact) mass is 241 g/mol. The van der Waals surface area contributed by atoms with Crippen LogP contribution in [0.15, 0.2) is 0 Å². The number of carbonyl (C=O) groups excluding carboxylic acids is 1. The van der Waals surface area contributed by atoms with Gasteiger partial charge in [-0.2, -0.15) is 0 Å². The van der Waals surface area contributed by atoms with Crippen molar-refractivity contribution in [3.05, 3.63) is 0 Å². The minimum Gasteiger partial charge on any atom is -0.465 e. The molecule has 100 valence electrons. The second-order valence-corrected chi connectivity index (χ2v) is 5.89. The number of rotatable bonds is 5. The molecule has 1 saturated carbocycles. The van der Waals surface area contributed by atoms with E-state index >= 15 is 0 Å². The number of nitrogens with one attached hydrogen (secondary N) is 1. The summed E-state index contributed by atoms with van der Waals surface area (Å²) < 4.78 is 5.25. The highest BCUT2D eigenvalue weighted by molar-refractivity contribution is 5.81. The van der Waals surface area contributed by atoms with Gasteiger partial charge in [0.2, 0.25) is 0 Å². The maximum absolute atomic E-state index is 12.2. The van der Waals surface area contributed by atoms with E-state index in [1.165, 1.54) is 0 Å². The lowest BCUT2D eigenvalue weighted by Gasteiger charge is -2.42. The van der Waals surface area contributed by atoms with E-state index in [0.717, 1.165) is 38.6 Å². The van der Waals surface area contributed by atoms with Gasteiger partial charge in [-0.15, -0.1) is 0 Å². The predicted molar refractivity (Wildman–Crippen MR) is 69.9 cm³/mol. The van der Waals surface area contributed by atoms with Gasteiger partial charge in [0.15, 0.2) is 0 Å². The summed E-state index contributed by atoms with van der Waals surface area (Å²) in [5.74, 6) is -0.0519. The summed E-state index contributed by atoms with van der Waals surface area (Å²) in [5.41, 5.74) is -0.0502. The molecule has 0 heterocycles. The van der Waals surface area contributed by atoms with E-state index < -0.39 is 5.54 Å². The fraction of sp³-hybridized carbons (Fsp3) is 0.929. The molecule has 1 fully saturated rings. The Labute approximate surface area is 105 Å². The second kappa shape index (κ2) is 5.85. The van der Waals surface area contributed by atoms with Crippen LogP contribution in [-0.4, -0.2) is 24.7 Å². The SMILES string of the molecule is CCCNC1(C(=O)OCC)CCC(C)(C)CC1. The van der Waals surface area contributed by atoms with E-state index in [9.17, 15) is 4.79 Å². The third kappa shape index (κ3) is 3.70. The molecule has 0 atom stereocenters. The van der Waals surface area contributed by atoms with Crippen molar-refractivity contribution in [2.24, 2.45) is 5.41 Å². The van der Waals surface area contributed by atoms with E-state index in [2.05, 4.69) is 26.1 Å². The van der Waals surface area contributed by atoms with Gasteiger partial charge in [-0.3, -0.25) is 4.79 Å². The Kier molecular flexibility index (Phi) is 4.99. The first kappa shape index (κ1) is 14.5. The molecule has 3 nitrogen and oxygen atoms in total. The van der Waals surface area contributed by atoms with Crippen LogP contribution >= 0.6 is 0 Å². The molecular formula is C14H27NO2. The lowest BCUT2D eigenvalue weighted by molar-refractivity contribution is -0.153. The van der Waals surface area contributed by atoms with E-state index in [4.69, 9.17) is 4.74 Å². The van der Waals surface area contributed by atoms with E-state index in [-0.39, 0.29) is 5.97 Å². The summed E-state index contributed by atoms with van der Waals surface area (Å²) in [4.78, 5) is 12.2. The van der Waals surface area contributed by atoms with Gasteiger partial charge in [-0.05, 0) is 51.0 Å². The smallest absolute Gasteiger partial charge is 0.326 e. The molecule has 0 bridgehead atoms. The number of hydrogen-bond donors (Lipinski definition) is 1. The zero-order chi connectivity index (χ0) is 12.9. The fourth-order valence-corrected chi connectivity index (χ4v) is 2.44. The van der Waals surface area contributed by atoms with Crippen molar-refractivity contribution in [1.29, 1.82) is 0 Å². The van der Waals surface area contributed by atoms with Crippen LogP contribution in [0.4, 0.5) is 0 Å². The van der Waals surface area contributed by atoms with E-state index in [1.54, 1.807) is 0 Å². The Bertz CT molecular complexity index is 251. The summed E-state index contributed by atoms with van der Waals surface area (Å²) in [5, 5.41) is 3.43. The van der Waals surface area contributed by atoms with Gasteiger partial charge < -0.3 is 10.1 Å². The van der Waals surface area contributed by atoms with Crippen molar-refractivity contribution >= 4 is 5.97 Å². The van der Waals surface area contributed by atoms with Gasteiger partial charge in [0.05, 0.1) is 6.61 Å². The molecule has 3 heteroatoms. The predicted octanol–water partition coefficient (Wildman–Crippen LogP) is 2.89. The zero-order valence-electron chi connectivity index (χ0n) is 11.8. The van der Waals surface area contributed by atoms with Crippen molar-refractivity contribution in [3.8, 4) is 0 Å². The first-order valence-corrected chi connectivity index (χ1v) is 6.88. The quantitative estimate of drug-likeness (QED) is 0.752. The lowest BCUT2D eigenvalue weighted by atomic mass is 9.69. The molecule has 17 heavy (non-hydrogen) atoms. The third-order valence-electron chi connectivity index (χ3n) is 3.84. The standard InChI is InChI=1S/C14H27NO2/c1-5-11-15-14(12(16)17-6-2)9-7-13(3,4)8-10-14/h15H,5-11H2,1-4H3. The summed E-state index contributed by atoms with van der Waals surface area (Å²) in [6, 6.07) is 0. The lowest BCUT2D eigenvalue weighted by Crippen LogP contribution is -2.56. The Hall–Kier alpha value is -0.570. The first-order valence-electron chi connectivity index (χ1n) is 6.88. The molecular weight excluding hydrogens is 214 g/mol. The number of esters is 1. The highest BCUT2D eigenvalue weighted by Gasteiger charge is 2.44. The topological polar surface area (TPSA) is 38.3 Å². The first-order chi connectivity index (χ1) is 7.96. The Balaban J connectivity index is 2.70. The van der Waals surface area contributed by atoms with Crippen LogP contribution in [0.3, 0.4) is 0 Å². The maximum Gasteiger partial charge on any atom is 0.326 e. The Morgan fingerprint density at radius 2 is 1.76 bits per heavy atom. The van der Waals surface area contributed by atoms with Crippen LogP contribution in [0.2, 0.25) is 0 Å². The molecule has 0 aliphatic heterocycles. The third-order valence-corrected chi connectivity index (χ3v) is 3.84. The molecule has 0 aromatic carbocycles. The molecule has 1 rings (SSSR count). The minimum absolute atomic E-state index is 0.0519. The molecule has 0 aromatic heterocycles. The summed E-state index contributed by atoms with van der Waals surface area (Å²) in [6.45, 7) is 9.91. The van der Waals surface area contributed by atoms with Gasteiger partial charge in [0.25, 0.3) is 0 Å². The molecule has 0 radical (unpaired) electrons. The molecule has 1 aliphatic carbocycles. The highest BCUT2D eigenvalue weighted by atomic mass is 16.5. The molecule has 0 unspecified atom stereocenters. The summed E-state index contributed by atoms with van der Waals surface area (Å²) in [7, 11) is 0. The molecule has 0 amide bonds. The summed E-state index contributed by atoms with van der Waals surface area (Å²) in [6.07, 6.45) is 5.02. The van der Waals surface area contributed by atoms with Crippen LogP contribution in [0.25, 0.3) is 0 Å². The fourth-order valence-electron chi connectivity index (χ4n) is 2.44. The Morgan fingerprint density at radius 3 is 2.24 bits per heavy atom. The van der Waals surface area contributed by atoms with Gasteiger partial charge >= 0.3 is 5.97 Å². The van der Waals surface area contributed by atoms with Gasteiger partial charge in [-0.25, -0.2) is 0 Å². The average Bonchev–Trinajstić information content (AvgIpc) is 2.29. The van der Waals surface area contributed by atoms with Crippen molar-refractivity contribution in [2.75, 3.05) is 13.2 Å². The molecule has 1 aliphatic rings. The summed E-state index contributed by atoms with van der Waals surface area (Å²) >= 11 is 0. The van der Waals surface area contributed by atoms with Crippen LogP contribution in [0, 0.1) is 5.41 Å². The van der Waals surface area contributed by atoms with Gasteiger partial charge in [0.1, 0.15) is 5.54 Å². The second-order valence-electron chi connectivity index (χ2n) is 5.89. The van der Waals surface area contributed by atoms with Crippen molar-refractivity contribution in [2.45, 2.75) is 65.3 Å². The van der Waals surface area contributed by atoms with Gasteiger partial charge in [-0.1, -0.05) is 20.8 Å². The van der Waals surface area contributed by atoms with Gasteiger partial charge in [0, 0.05) is 0 Å². The maximum atomic E-state index is 12.2. The van der Waals surface area contributed by atoms with E-state index in [0.29, 0.717) is 12.0 Å². The molecule has 1 N–H and O–H groups in total. The highest BCUT2D eigenvalue weighted by Crippen LogP contribution is 2.40. The zero-order valence-corrected chi connectivity index (χ0v) is 11.8. The Morgan fingerprint density at radius 1 is 1.18 bits per heavy atom. The van der Waals surface area contributed by atoms with Crippen molar-refractivity contribution in [3.63, 3.8) is 0 Å². The van der Waals surface area contributed by atoms with Crippen molar-refractivity contribution < 1.29 is 9.53 Å². The van der Waals surface area contributed by atoms with E-state index in [1.807, 2.05) is 6.92 Å². The number of carbonyl (C=O) groups is 1.